The molecule has 1 aromatic rings. The highest BCUT2D eigenvalue weighted by atomic mass is 79.9. The Morgan fingerprint density at radius 2 is 2.25 bits per heavy atom. The van der Waals surface area contributed by atoms with Crippen molar-refractivity contribution in [3.8, 4) is 0 Å². The molecule has 2 heterocycles. The molecular weight excluding hydrogens is 324 g/mol. The molecule has 0 radical (unpaired) electrons. The lowest BCUT2D eigenvalue weighted by atomic mass is 10.2. The molecule has 0 N–H and O–H groups in total. The molecule has 0 bridgehead atoms. The van der Waals surface area contributed by atoms with Gasteiger partial charge >= 0.3 is 6.09 Å². The van der Waals surface area contributed by atoms with Crippen molar-refractivity contribution in [1.29, 1.82) is 0 Å². The minimum absolute atomic E-state index is 0.204. The number of halogens is 1. The van der Waals surface area contributed by atoms with Gasteiger partial charge < -0.3 is 14.4 Å². The van der Waals surface area contributed by atoms with Gasteiger partial charge in [-0.05, 0) is 48.8 Å². The Bertz CT molecular complexity index is 470. The van der Waals surface area contributed by atoms with Crippen LogP contribution in [-0.2, 0) is 9.47 Å². The Kier molecular flexibility index (Phi) is 4.65. The monoisotopic (exact) mass is 342 g/mol. The zero-order chi connectivity index (χ0) is 14.8. The number of carbonyl (C=O) groups excluding carboxylic acids is 1. The summed E-state index contributed by atoms with van der Waals surface area (Å²) in [5, 5.41) is 0. The topological polar surface area (TPSA) is 51.7 Å². The van der Waals surface area contributed by atoms with Crippen LogP contribution in [0, 0.1) is 0 Å². The predicted octanol–water partition coefficient (Wildman–Crippen LogP) is 3.15. The number of morpholine rings is 1. The molecule has 0 unspecified atom stereocenters. The Morgan fingerprint density at radius 3 is 2.85 bits per heavy atom. The predicted molar refractivity (Wildman–Crippen MR) is 78.4 cm³/mol. The van der Waals surface area contributed by atoms with Crippen molar-refractivity contribution in [3.05, 3.63) is 28.5 Å². The fraction of sp³-hybridized carbons (Fsp3) is 0.571. The van der Waals surface area contributed by atoms with Gasteiger partial charge in [-0.25, -0.2) is 4.79 Å². The first-order chi connectivity index (χ1) is 9.35. The number of hydrogen-bond donors (Lipinski definition) is 0. The first-order valence-electron chi connectivity index (χ1n) is 6.56. The molecular formula is C14H19BrN2O3. The largest absolute Gasteiger partial charge is 0.444 e. The molecule has 1 amide bonds. The molecule has 0 aliphatic carbocycles. The van der Waals surface area contributed by atoms with Gasteiger partial charge in [0.25, 0.3) is 0 Å². The van der Waals surface area contributed by atoms with Gasteiger partial charge in [0.2, 0.25) is 0 Å². The number of hydrogen-bond acceptors (Lipinski definition) is 4. The highest BCUT2D eigenvalue weighted by Gasteiger charge is 2.29. The van der Waals surface area contributed by atoms with Crippen molar-refractivity contribution in [1.82, 2.24) is 9.88 Å². The smallest absolute Gasteiger partial charge is 0.410 e. The molecule has 1 aliphatic heterocycles. The number of aromatic nitrogens is 1. The van der Waals surface area contributed by atoms with Crippen LogP contribution in [0.25, 0.3) is 0 Å². The molecule has 2 rings (SSSR count). The lowest BCUT2D eigenvalue weighted by Gasteiger charge is -2.34. The maximum absolute atomic E-state index is 12.1. The van der Waals surface area contributed by atoms with Gasteiger partial charge in [0, 0.05) is 17.2 Å². The van der Waals surface area contributed by atoms with Gasteiger partial charge in [-0.2, -0.15) is 0 Å². The third-order valence-electron chi connectivity index (χ3n) is 2.80. The number of rotatable bonds is 1. The van der Waals surface area contributed by atoms with E-state index in [2.05, 4.69) is 20.9 Å². The summed E-state index contributed by atoms with van der Waals surface area (Å²) in [5.74, 6) is 0. The zero-order valence-electron chi connectivity index (χ0n) is 11.9. The SMILES string of the molecule is CC(C)(C)OC(=O)N1CCO[C@H](c2ccc(Br)cn2)C1. The molecule has 6 heteroatoms. The van der Waals surface area contributed by atoms with Gasteiger partial charge in [-0.1, -0.05) is 0 Å². The summed E-state index contributed by atoms with van der Waals surface area (Å²) >= 11 is 3.35. The first-order valence-corrected chi connectivity index (χ1v) is 7.35. The molecule has 0 aromatic carbocycles. The van der Waals surface area contributed by atoms with Crippen molar-refractivity contribution < 1.29 is 14.3 Å². The van der Waals surface area contributed by atoms with Crippen LogP contribution in [0.3, 0.4) is 0 Å². The second-order valence-corrected chi connectivity index (χ2v) is 6.60. The fourth-order valence-corrected chi connectivity index (χ4v) is 2.13. The molecule has 20 heavy (non-hydrogen) atoms. The van der Waals surface area contributed by atoms with Crippen molar-refractivity contribution in [2.75, 3.05) is 19.7 Å². The normalized spacial score (nSPS) is 19.8. The van der Waals surface area contributed by atoms with Gasteiger partial charge in [0.15, 0.2) is 0 Å². The summed E-state index contributed by atoms with van der Waals surface area (Å²) in [6.07, 6.45) is 1.22. The average molecular weight is 343 g/mol. The van der Waals surface area contributed by atoms with Gasteiger partial charge in [0.05, 0.1) is 18.8 Å². The van der Waals surface area contributed by atoms with E-state index in [1.165, 1.54) is 0 Å². The van der Waals surface area contributed by atoms with E-state index in [9.17, 15) is 4.79 Å². The number of ether oxygens (including phenoxy) is 2. The van der Waals surface area contributed by atoms with E-state index >= 15 is 0 Å². The van der Waals surface area contributed by atoms with E-state index in [0.717, 1.165) is 10.2 Å². The van der Waals surface area contributed by atoms with Crippen LogP contribution in [0.2, 0.25) is 0 Å². The number of nitrogens with zero attached hydrogens (tertiary/aromatic N) is 2. The van der Waals surface area contributed by atoms with E-state index < -0.39 is 5.60 Å². The summed E-state index contributed by atoms with van der Waals surface area (Å²) in [5.41, 5.74) is 0.335. The minimum atomic E-state index is -0.485. The van der Waals surface area contributed by atoms with Crippen LogP contribution >= 0.6 is 15.9 Å². The maximum atomic E-state index is 12.1. The van der Waals surface area contributed by atoms with E-state index in [0.29, 0.717) is 19.7 Å². The van der Waals surface area contributed by atoms with Crippen molar-refractivity contribution in [2.24, 2.45) is 0 Å². The van der Waals surface area contributed by atoms with Crippen molar-refractivity contribution >= 4 is 22.0 Å². The van der Waals surface area contributed by atoms with E-state index in [1.54, 1.807) is 11.1 Å². The molecule has 110 valence electrons. The van der Waals surface area contributed by atoms with Crippen molar-refractivity contribution in [3.63, 3.8) is 0 Å². The average Bonchev–Trinajstić information content (AvgIpc) is 2.38. The summed E-state index contributed by atoms with van der Waals surface area (Å²) in [4.78, 5) is 18.1. The Balaban J connectivity index is 2.01. The van der Waals surface area contributed by atoms with Crippen LogP contribution in [0.4, 0.5) is 4.79 Å². The zero-order valence-corrected chi connectivity index (χ0v) is 13.5. The summed E-state index contributed by atoms with van der Waals surface area (Å²) < 4.78 is 12.0. The second-order valence-electron chi connectivity index (χ2n) is 5.69. The summed E-state index contributed by atoms with van der Waals surface area (Å²) in [7, 11) is 0. The molecule has 1 saturated heterocycles. The van der Waals surface area contributed by atoms with Gasteiger partial charge in [0.1, 0.15) is 11.7 Å². The molecule has 1 aliphatic rings. The molecule has 0 spiro atoms. The van der Waals surface area contributed by atoms with E-state index in [-0.39, 0.29) is 12.2 Å². The molecule has 5 nitrogen and oxygen atoms in total. The van der Waals surface area contributed by atoms with Gasteiger partial charge in [-0.3, -0.25) is 4.98 Å². The standard InChI is InChI=1S/C14H19BrN2O3/c1-14(2,3)20-13(18)17-6-7-19-12(9-17)11-5-4-10(15)8-16-11/h4-5,8,12H,6-7,9H2,1-3H3/t12-/m0/s1. The second kappa shape index (κ2) is 6.10. The first kappa shape index (κ1) is 15.3. The lowest BCUT2D eigenvalue weighted by Crippen LogP contribution is -2.44. The number of amides is 1. The highest BCUT2D eigenvalue weighted by molar-refractivity contribution is 9.10. The number of pyridine rings is 1. The molecule has 1 atom stereocenters. The van der Waals surface area contributed by atoms with Gasteiger partial charge in [-0.15, -0.1) is 0 Å². The Morgan fingerprint density at radius 1 is 1.50 bits per heavy atom. The van der Waals surface area contributed by atoms with Crippen LogP contribution < -0.4 is 0 Å². The van der Waals surface area contributed by atoms with Crippen LogP contribution in [0.5, 0.6) is 0 Å². The summed E-state index contributed by atoms with van der Waals surface area (Å²) in [6.45, 7) is 7.07. The van der Waals surface area contributed by atoms with Crippen LogP contribution in [0.1, 0.15) is 32.6 Å². The molecule has 1 aromatic heterocycles. The lowest BCUT2D eigenvalue weighted by molar-refractivity contribution is -0.0447. The highest BCUT2D eigenvalue weighted by Crippen LogP contribution is 2.23. The molecule has 0 saturated carbocycles. The number of carbonyl (C=O) groups is 1. The van der Waals surface area contributed by atoms with Crippen LogP contribution in [0.15, 0.2) is 22.8 Å². The third kappa shape index (κ3) is 4.18. The van der Waals surface area contributed by atoms with Crippen LogP contribution in [-0.4, -0.2) is 41.3 Å². The van der Waals surface area contributed by atoms with E-state index in [4.69, 9.17) is 9.47 Å². The minimum Gasteiger partial charge on any atom is -0.444 e. The Hall–Kier alpha value is -1.14. The maximum Gasteiger partial charge on any atom is 0.410 e. The molecule has 1 fully saturated rings. The van der Waals surface area contributed by atoms with E-state index in [1.807, 2.05) is 32.9 Å². The third-order valence-corrected chi connectivity index (χ3v) is 3.27. The quantitative estimate of drug-likeness (QED) is 0.786. The van der Waals surface area contributed by atoms with Crippen molar-refractivity contribution in [2.45, 2.75) is 32.5 Å². The Labute approximate surface area is 127 Å². The fourth-order valence-electron chi connectivity index (χ4n) is 1.90. The summed E-state index contributed by atoms with van der Waals surface area (Å²) in [6, 6.07) is 3.81.